The quantitative estimate of drug-likeness (QED) is 0.212. The van der Waals surface area contributed by atoms with Gasteiger partial charge in [0, 0.05) is 58.6 Å². The molecule has 1 aliphatic rings. The number of hydrogen-bond donors (Lipinski definition) is 2. The first-order chi connectivity index (χ1) is 14.8. The lowest BCUT2D eigenvalue weighted by molar-refractivity contribution is 0.0168. The maximum Gasteiger partial charge on any atom is 0.410 e. The Morgan fingerprint density at radius 2 is 2.06 bits per heavy atom. The summed E-state index contributed by atoms with van der Waals surface area (Å²) in [4.78, 5) is 18.5. The van der Waals surface area contributed by atoms with Crippen molar-refractivity contribution in [3.8, 4) is 5.75 Å². The normalized spacial score (nSPS) is 16.7. The zero-order chi connectivity index (χ0) is 22.7. The SMILES string of the molecule is CN=C(NCC1CCCN(C(=O)OC(C)(C)C)C1)Nc1cccc(OCCCOC)c1.I. The maximum atomic E-state index is 12.4. The number of rotatable bonds is 8. The van der Waals surface area contributed by atoms with Gasteiger partial charge in [0.2, 0.25) is 0 Å². The lowest BCUT2D eigenvalue weighted by Gasteiger charge is -2.34. The molecule has 0 bridgehead atoms. The second kappa shape index (κ2) is 14.4. The number of benzene rings is 1. The highest BCUT2D eigenvalue weighted by Crippen LogP contribution is 2.20. The number of methoxy groups -OCH3 is 1. The summed E-state index contributed by atoms with van der Waals surface area (Å²) in [6.45, 7) is 9.13. The molecule has 1 aromatic rings. The number of ether oxygens (including phenoxy) is 3. The number of likely N-dealkylation sites (tertiary alicyclic amines) is 1. The molecule has 1 heterocycles. The molecule has 1 atom stereocenters. The summed E-state index contributed by atoms with van der Waals surface area (Å²) in [5, 5.41) is 6.68. The van der Waals surface area contributed by atoms with Gasteiger partial charge in [-0.25, -0.2) is 4.79 Å². The minimum absolute atomic E-state index is 0. The summed E-state index contributed by atoms with van der Waals surface area (Å²) in [7, 11) is 3.43. The molecular weight excluding hydrogens is 523 g/mol. The predicted molar refractivity (Wildman–Crippen MR) is 139 cm³/mol. The number of amides is 1. The van der Waals surface area contributed by atoms with E-state index in [9.17, 15) is 4.79 Å². The molecule has 32 heavy (non-hydrogen) atoms. The van der Waals surface area contributed by atoms with Crippen molar-refractivity contribution in [3.63, 3.8) is 0 Å². The van der Waals surface area contributed by atoms with Crippen molar-refractivity contribution in [2.24, 2.45) is 10.9 Å². The van der Waals surface area contributed by atoms with E-state index in [0.717, 1.165) is 43.8 Å². The Bertz CT molecular complexity index is 724. The van der Waals surface area contributed by atoms with E-state index in [-0.39, 0.29) is 30.1 Å². The van der Waals surface area contributed by atoms with Gasteiger partial charge in [-0.05, 0) is 51.7 Å². The number of aliphatic imine (C=N–C) groups is 1. The lowest BCUT2D eigenvalue weighted by Crippen LogP contribution is -2.46. The van der Waals surface area contributed by atoms with Crippen LogP contribution >= 0.6 is 24.0 Å². The highest BCUT2D eigenvalue weighted by Gasteiger charge is 2.27. The molecule has 9 heteroatoms. The van der Waals surface area contributed by atoms with E-state index >= 15 is 0 Å². The molecule has 1 unspecified atom stereocenters. The Balaban J connectivity index is 0.00000512. The standard InChI is InChI=1S/C23H38N4O4.HI/c1-23(2,3)31-22(28)27-12-7-9-18(17-27)16-25-21(24-4)26-19-10-6-11-20(15-19)30-14-8-13-29-5;/h6,10-11,15,18H,7-9,12-14,16-17H2,1-5H3,(H2,24,25,26);1H. The third-order valence-corrected chi connectivity index (χ3v) is 4.81. The number of hydrogen-bond acceptors (Lipinski definition) is 5. The minimum atomic E-state index is -0.476. The van der Waals surface area contributed by atoms with Crippen LogP contribution in [0, 0.1) is 5.92 Å². The van der Waals surface area contributed by atoms with Gasteiger partial charge < -0.3 is 29.7 Å². The Kier molecular flexibility index (Phi) is 12.7. The number of nitrogens with zero attached hydrogens (tertiary/aromatic N) is 2. The zero-order valence-electron chi connectivity index (χ0n) is 20.0. The summed E-state index contributed by atoms with van der Waals surface area (Å²) in [6.07, 6.45) is 2.65. The first-order valence-electron chi connectivity index (χ1n) is 11.0. The summed E-state index contributed by atoms with van der Waals surface area (Å²) < 4.78 is 16.3. The van der Waals surface area contributed by atoms with Crippen LogP contribution in [0.5, 0.6) is 5.75 Å². The molecule has 2 rings (SSSR count). The first-order valence-corrected chi connectivity index (χ1v) is 11.0. The van der Waals surface area contributed by atoms with E-state index in [2.05, 4.69) is 15.6 Å². The van der Waals surface area contributed by atoms with Crippen LogP contribution in [0.3, 0.4) is 0 Å². The van der Waals surface area contributed by atoms with Gasteiger partial charge >= 0.3 is 6.09 Å². The minimum Gasteiger partial charge on any atom is -0.493 e. The van der Waals surface area contributed by atoms with Gasteiger partial charge in [-0.15, -0.1) is 24.0 Å². The van der Waals surface area contributed by atoms with Crippen molar-refractivity contribution < 1.29 is 19.0 Å². The van der Waals surface area contributed by atoms with Crippen LogP contribution in [0.4, 0.5) is 10.5 Å². The molecule has 0 saturated carbocycles. The Morgan fingerprint density at radius 3 is 2.75 bits per heavy atom. The van der Waals surface area contributed by atoms with E-state index < -0.39 is 5.60 Å². The monoisotopic (exact) mass is 562 g/mol. The summed E-state index contributed by atoms with van der Waals surface area (Å²) >= 11 is 0. The van der Waals surface area contributed by atoms with Crippen LogP contribution < -0.4 is 15.4 Å². The second-order valence-electron chi connectivity index (χ2n) is 8.74. The molecule has 1 saturated heterocycles. The van der Waals surface area contributed by atoms with Crippen molar-refractivity contribution in [3.05, 3.63) is 24.3 Å². The van der Waals surface area contributed by atoms with Crippen molar-refractivity contribution in [1.82, 2.24) is 10.2 Å². The fraction of sp³-hybridized carbons (Fsp3) is 0.652. The van der Waals surface area contributed by atoms with Crippen molar-refractivity contribution in [2.75, 3.05) is 52.3 Å². The zero-order valence-corrected chi connectivity index (χ0v) is 22.3. The van der Waals surface area contributed by atoms with Crippen LogP contribution in [0.1, 0.15) is 40.0 Å². The smallest absolute Gasteiger partial charge is 0.410 e. The van der Waals surface area contributed by atoms with Crippen molar-refractivity contribution in [2.45, 2.75) is 45.6 Å². The number of halogens is 1. The summed E-state index contributed by atoms with van der Waals surface area (Å²) in [5.41, 5.74) is 0.423. The highest BCUT2D eigenvalue weighted by molar-refractivity contribution is 14.0. The molecule has 2 N–H and O–H groups in total. The van der Waals surface area contributed by atoms with Crippen LogP contribution in [-0.4, -0.2) is 69.6 Å². The predicted octanol–water partition coefficient (Wildman–Crippen LogP) is 4.35. The van der Waals surface area contributed by atoms with Crippen LogP contribution in [0.2, 0.25) is 0 Å². The molecular formula is C23H39IN4O4. The van der Waals surface area contributed by atoms with Gasteiger partial charge in [0.1, 0.15) is 11.4 Å². The Hall–Kier alpha value is -1.75. The third-order valence-electron chi connectivity index (χ3n) is 4.81. The molecule has 1 aromatic carbocycles. The Labute approximate surface area is 209 Å². The van der Waals surface area contributed by atoms with Gasteiger partial charge in [0.05, 0.1) is 6.61 Å². The molecule has 1 amide bonds. The molecule has 0 aromatic heterocycles. The van der Waals surface area contributed by atoms with Gasteiger partial charge in [-0.2, -0.15) is 0 Å². The number of anilines is 1. The number of piperidine rings is 1. The van der Waals surface area contributed by atoms with Gasteiger partial charge in [-0.1, -0.05) is 6.07 Å². The Morgan fingerprint density at radius 1 is 1.28 bits per heavy atom. The van der Waals surface area contributed by atoms with E-state index in [4.69, 9.17) is 14.2 Å². The van der Waals surface area contributed by atoms with E-state index in [0.29, 0.717) is 31.6 Å². The van der Waals surface area contributed by atoms with E-state index in [1.807, 2.05) is 49.9 Å². The summed E-state index contributed by atoms with van der Waals surface area (Å²) in [5.74, 6) is 1.83. The largest absolute Gasteiger partial charge is 0.493 e. The topological polar surface area (TPSA) is 84.4 Å². The maximum absolute atomic E-state index is 12.4. The molecule has 1 aliphatic heterocycles. The van der Waals surface area contributed by atoms with Gasteiger partial charge in [0.15, 0.2) is 5.96 Å². The van der Waals surface area contributed by atoms with Crippen molar-refractivity contribution in [1.29, 1.82) is 0 Å². The fourth-order valence-corrected chi connectivity index (χ4v) is 3.34. The molecule has 0 spiro atoms. The summed E-state index contributed by atoms with van der Waals surface area (Å²) in [6, 6.07) is 7.80. The van der Waals surface area contributed by atoms with Crippen LogP contribution in [0.25, 0.3) is 0 Å². The molecule has 182 valence electrons. The average Bonchev–Trinajstić information content (AvgIpc) is 2.73. The first kappa shape index (κ1) is 28.3. The molecule has 0 radical (unpaired) electrons. The van der Waals surface area contributed by atoms with Crippen LogP contribution in [-0.2, 0) is 9.47 Å². The molecule has 1 fully saturated rings. The number of nitrogens with one attached hydrogen (secondary N) is 2. The average molecular weight is 562 g/mol. The highest BCUT2D eigenvalue weighted by atomic mass is 127. The number of guanidine groups is 1. The third kappa shape index (κ3) is 10.7. The lowest BCUT2D eigenvalue weighted by atomic mass is 9.98. The fourth-order valence-electron chi connectivity index (χ4n) is 3.34. The van der Waals surface area contributed by atoms with E-state index in [1.54, 1.807) is 14.2 Å². The molecule has 0 aliphatic carbocycles. The number of carbonyl (C=O) groups is 1. The van der Waals surface area contributed by atoms with Gasteiger partial charge in [-0.3, -0.25) is 4.99 Å². The molecule has 8 nitrogen and oxygen atoms in total. The number of carbonyl (C=O) groups excluding carboxylic acids is 1. The van der Waals surface area contributed by atoms with Gasteiger partial charge in [0.25, 0.3) is 0 Å². The van der Waals surface area contributed by atoms with E-state index in [1.165, 1.54) is 0 Å². The second-order valence-corrected chi connectivity index (χ2v) is 8.74. The van der Waals surface area contributed by atoms with Crippen LogP contribution in [0.15, 0.2) is 29.3 Å². The van der Waals surface area contributed by atoms with Crippen molar-refractivity contribution >= 4 is 41.7 Å².